The molecule has 2 aromatic carbocycles. The predicted molar refractivity (Wildman–Crippen MR) is 127 cm³/mol. The van der Waals surface area contributed by atoms with Crippen LogP contribution in [0.5, 0.6) is 5.75 Å². The minimum atomic E-state index is -0.0429. The minimum Gasteiger partial charge on any atom is -0.495 e. The van der Waals surface area contributed by atoms with Gasteiger partial charge in [-0.25, -0.2) is 4.98 Å². The van der Waals surface area contributed by atoms with Gasteiger partial charge in [-0.3, -0.25) is 4.79 Å². The first-order valence-electron chi connectivity index (χ1n) is 11.1. The molecule has 1 atom stereocenters. The second-order valence-corrected chi connectivity index (χ2v) is 8.64. The number of benzene rings is 2. The molecule has 7 nitrogen and oxygen atoms in total. The first-order chi connectivity index (χ1) is 15.4. The molecule has 0 radical (unpaired) electrons. The summed E-state index contributed by atoms with van der Waals surface area (Å²) >= 11 is 0. The summed E-state index contributed by atoms with van der Waals surface area (Å²) < 4.78 is 9.99. The maximum absolute atomic E-state index is 13.1. The van der Waals surface area contributed by atoms with Gasteiger partial charge in [-0.05, 0) is 50.1 Å². The lowest BCUT2D eigenvalue weighted by atomic mass is 9.97. The average Bonchev–Trinajstić information content (AvgIpc) is 3.31. The molecule has 5 rings (SSSR count). The van der Waals surface area contributed by atoms with E-state index >= 15 is 0 Å². The van der Waals surface area contributed by atoms with Gasteiger partial charge in [0, 0.05) is 43.7 Å². The highest BCUT2D eigenvalue weighted by molar-refractivity contribution is 6.01. The molecule has 4 aromatic rings. The highest BCUT2D eigenvalue weighted by atomic mass is 16.5. The normalized spacial score (nSPS) is 14.9. The van der Waals surface area contributed by atoms with E-state index in [9.17, 15) is 4.79 Å². The molecule has 1 amide bonds. The summed E-state index contributed by atoms with van der Waals surface area (Å²) in [5.74, 6) is 1.78. The number of fused-ring (bicyclic) bond motifs is 3. The van der Waals surface area contributed by atoms with Gasteiger partial charge in [-0.15, -0.1) is 0 Å². The highest BCUT2D eigenvalue weighted by Gasteiger charge is 2.27. The van der Waals surface area contributed by atoms with Crippen LogP contribution in [0.15, 0.2) is 36.4 Å². The van der Waals surface area contributed by atoms with Crippen LogP contribution in [0.2, 0.25) is 0 Å². The van der Waals surface area contributed by atoms with Crippen molar-refractivity contribution in [1.29, 1.82) is 0 Å². The zero-order chi connectivity index (χ0) is 22.6. The quantitative estimate of drug-likeness (QED) is 0.524. The Labute approximate surface area is 187 Å². The predicted octanol–water partition coefficient (Wildman–Crippen LogP) is 3.57. The van der Waals surface area contributed by atoms with E-state index in [1.54, 1.807) is 7.11 Å². The van der Waals surface area contributed by atoms with E-state index in [0.717, 1.165) is 63.3 Å². The number of ether oxygens (including phenoxy) is 1. The molecule has 0 spiro atoms. The van der Waals surface area contributed by atoms with Crippen LogP contribution in [-0.2, 0) is 20.0 Å². The van der Waals surface area contributed by atoms with Crippen molar-refractivity contribution in [2.75, 3.05) is 20.2 Å². The Bertz CT molecular complexity index is 1350. The van der Waals surface area contributed by atoms with E-state index in [1.807, 2.05) is 37.1 Å². The van der Waals surface area contributed by atoms with Crippen LogP contribution in [0.1, 0.15) is 29.8 Å². The molecule has 0 aliphatic carbocycles. The van der Waals surface area contributed by atoms with E-state index in [1.165, 1.54) is 0 Å². The maximum atomic E-state index is 13.1. The van der Waals surface area contributed by atoms with Crippen LogP contribution < -0.4 is 10.5 Å². The van der Waals surface area contributed by atoms with Crippen LogP contribution in [0.3, 0.4) is 0 Å². The Morgan fingerprint density at radius 2 is 2.06 bits per heavy atom. The molecular formula is C25H29N5O2. The van der Waals surface area contributed by atoms with Gasteiger partial charge in [0.15, 0.2) is 5.82 Å². The van der Waals surface area contributed by atoms with Gasteiger partial charge in [-0.2, -0.15) is 0 Å². The zero-order valence-electron chi connectivity index (χ0n) is 19.1. The number of nitrogens with two attached hydrogens (primary N) is 1. The maximum Gasteiger partial charge on any atom is 0.254 e. The molecular weight excluding hydrogens is 402 g/mol. The molecule has 0 saturated carbocycles. The third-order valence-electron chi connectivity index (χ3n) is 6.43. The fourth-order valence-electron chi connectivity index (χ4n) is 4.93. The summed E-state index contributed by atoms with van der Waals surface area (Å²) in [4.78, 5) is 19.9. The average molecular weight is 432 g/mol. The number of para-hydroxylation sites is 1. The molecule has 2 aromatic heterocycles. The van der Waals surface area contributed by atoms with Gasteiger partial charge in [0.05, 0.1) is 29.4 Å². The Morgan fingerprint density at radius 1 is 1.25 bits per heavy atom. The van der Waals surface area contributed by atoms with Crippen molar-refractivity contribution in [3.05, 3.63) is 47.5 Å². The van der Waals surface area contributed by atoms with E-state index in [-0.39, 0.29) is 11.9 Å². The summed E-state index contributed by atoms with van der Waals surface area (Å²) in [5, 5.41) is 1.12. The van der Waals surface area contributed by atoms with Crippen molar-refractivity contribution >= 4 is 27.8 Å². The Balaban J connectivity index is 1.66. The fraction of sp³-hybridized carbons (Fsp3) is 0.360. The molecule has 0 bridgehead atoms. The number of nitrogens with zero attached hydrogens (tertiary/aromatic N) is 4. The van der Waals surface area contributed by atoms with E-state index in [0.29, 0.717) is 13.1 Å². The fourth-order valence-corrected chi connectivity index (χ4v) is 4.93. The monoisotopic (exact) mass is 431 g/mol. The lowest BCUT2D eigenvalue weighted by Gasteiger charge is -2.29. The number of carbonyl (C=O) groups is 1. The van der Waals surface area contributed by atoms with Gasteiger partial charge in [0.2, 0.25) is 0 Å². The standard InChI is InChI=1S/C25H29N5O2/c1-5-30-21(12-17-7-6-8-22(32-4)23(17)30)24-27-19-13-18-16(11-20(19)28(24)3)9-10-29(25(18)31)14-15(2)26/h6-8,11-13,15H,5,9-10,14,26H2,1-4H3/t15-/m1/s1. The number of aromatic nitrogens is 3. The summed E-state index contributed by atoms with van der Waals surface area (Å²) in [6.07, 6.45) is 0.830. The first kappa shape index (κ1) is 20.6. The van der Waals surface area contributed by atoms with Gasteiger partial charge >= 0.3 is 0 Å². The van der Waals surface area contributed by atoms with Crippen molar-refractivity contribution in [1.82, 2.24) is 19.0 Å². The summed E-state index contributed by atoms with van der Waals surface area (Å²) in [5.41, 5.74) is 11.7. The Hall–Kier alpha value is -3.32. The number of hydrogen-bond acceptors (Lipinski definition) is 4. The first-order valence-corrected chi connectivity index (χ1v) is 11.1. The summed E-state index contributed by atoms with van der Waals surface area (Å²) in [7, 11) is 3.74. The van der Waals surface area contributed by atoms with Crippen LogP contribution in [-0.4, -0.2) is 51.2 Å². The second-order valence-electron chi connectivity index (χ2n) is 8.64. The third kappa shape index (κ3) is 3.07. The van der Waals surface area contributed by atoms with Gasteiger partial charge in [-0.1, -0.05) is 12.1 Å². The highest BCUT2D eigenvalue weighted by Crippen LogP contribution is 2.35. The van der Waals surface area contributed by atoms with Gasteiger partial charge in [0.1, 0.15) is 5.75 Å². The van der Waals surface area contributed by atoms with Gasteiger partial charge < -0.3 is 24.5 Å². The Morgan fingerprint density at radius 3 is 2.78 bits per heavy atom. The smallest absolute Gasteiger partial charge is 0.254 e. The number of rotatable bonds is 5. The zero-order valence-corrected chi connectivity index (χ0v) is 19.1. The number of amides is 1. The molecule has 0 saturated heterocycles. The lowest BCUT2D eigenvalue weighted by molar-refractivity contribution is 0.0732. The molecule has 166 valence electrons. The number of carbonyl (C=O) groups excluding carboxylic acids is 1. The molecule has 32 heavy (non-hydrogen) atoms. The third-order valence-corrected chi connectivity index (χ3v) is 6.43. The summed E-state index contributed by atoms with van der Waals surface area (Å²) in [6.45, 7) is 6.13. The van der Waals surface area contributed by atoms with Crippen LogP contribution >= 0.6 is 0 Å². The molecule has 7 heteroatoms. The summed E-state index contributed by atoms with van der Waals surface area (Å²) in [6, 6.07) is 12.3. The van der Waals surface area contributed by atoms with Crippen molar-refractivity contribution in [3.8, 4) is 17.3 Å². The van der Waals surface area contributed by atoms with Gasteiger partial charge in [0.25, 0.3) is 5.91 Å². The number of aryl methyl sites for hydroxylation is 2. The van der Waals surface area contributed by atoms with Crippen LogP contribution in [0.25, 0.3) is 33.5 Å². The van der Waals surface area contributed by atoms with Crippen molar-refractivity contribution < 1.29 is 9.53 Å². The number of imidazole rings is 1. The second kappa shape index (κ2) is 7.67. The van der Waals surface area contributed by atoms with Crippen LogP contribution in [0, 0.1) is 0 Å². The van der Waals surface area contributed by atoms with Crippen molar-refractivity contribution in [3.63, 3.8) is 0 Å². The number of hydrogen-bond donors (Lipinski definition) is 1. The molecule has 0 fully saturated rings. The van der Waals surface area contributed by atoms with Crippen molar-refractivity contribution in [2.24, 2.45) is 12.8 Å². The molecule has 3 heterocycles. The SMILES string of the molecule is CCn1c(-c2nc3cc4c(cc3n2C)CCN(C[C@@H](C)N)C4=O)cc2cccc(OC)c21. The Kier molecular flexibility index (Phi) is 4.93. The minimum absolute atomic E-state index is 0.0429. The van der Waals surface area contributed by atoms with E-state index in [2.05, 4.69) is 34.3 Å². The molecule has 0 unspecified atom stereocenters. The van der Waals surface area contributed by atoms with E-state index < -0.39 is 0 Å². The molecule has 1 aliphatic heterocycles. The lowest BCUT2D eigenvalue weighted by Crippen LogP contribution is -2.43. The largest absolute Gasteiger partial charge is 0.495 e. The molecule has 1 aliphatic rings. The van der Waals surface area contributed by atoms with E-state index in [4.69, 9.17) is 15.5 Å². The number of methoxy groups -OCH3 is 1. The molecule has 2 N–H and O–H groups in total. The topological polar surface area (TPSA) is 78.3 Å². The van der Waals surface area contributed by atoms with Crippen molar-refractivity contribution in [2.45, 2.75) is 32.9 Å². The van der Waals surface area contributed by atoms with Crippen LogP contribution in [0.4, 0.5) is 0 Å².